The van der Waals surface area contributed by atoms with Gasteiger partial charge in [0.15, 0.2) is 0 Å². The van der Waals surface area contributed by atoms with Gasteiger partial charge in [-0.3, -0.25) is 15.0 Å². The zero-order valence-electron chi connectivity index (χ0n) is 27.3. The molecule has 0 aliphatic rings. The molecule has 0 aliphatic heterocycles. The van der Waals surface area contributed by atoms with E-state index in [1.165, 1.54) is 32.3 Å². The molecule has 0 unspecified atom stereocenters. The molecule has 7 aromatic carbocycles. The summed E-state index contributed by atoms with van der Waals surface area (Å²) in [4.78, 5) is 14.8. The largest absolute Gasteiger partial charge is 0.455 e. The molecule has 0 saturated carbocycles. The topological polar surface area (TPSA) is 51.8 Å². The summed E-state index contributed by atoms with van der Waals surface area (Å²) in [7, 11) is 0. The van der Waals surface area contributed by atoms with Gasteiger partial charge in [-0.2, -0.15) is 0 Å². The van der Waals surface area contributed by atoms with Crippen LogP contribution in [0.1, 0.15) is 0 Å². The van der Waals surface area contributed by atoms with Crippen molar-refractivity contribution >= 4 is 76.1 Å². The fraction of sp³-hybridized carbons (Fsp3) is 0. The summed E-state index contributed by atoms with van der Waals surface area (Å²) in [6.07, 6.45) is 5.61. The van der Waals surface area contributed by atoms with Crippen LogP contribution in [0.5, 0.6) is 0 Å². The van der Waals surface area contributed by atoms with E-state index in [1.54, 1.807) is 0 Å². The molecular weight excluding hydrogens is 623 g/mol. The molecule has 0 amide bonds. The number of para-hydroxylation sites is 1. The summed E-state index contributed by atoms with van der Waals surface area (Å²) in [5.74, 6) is 0. The molecule has 51 heavy (non-hydrogen) atoms. The van der Waals surface area contributed by atoms with Crippen molar-refractivity contribution in [1.29, 1.82) is 0 Å². The molecule has 4 aromatic heterocycles. The molecule has 11 rings (SSSR count). The van der Waals surface area contributed by atoms with Crippen LogP contribution in [-0.4, -0.2) is 15.0 Å². The van der Waals surface area contributed by atoms with Gasteiger partial charge in [0.1, 0.15) is 11.2 Å². The van der Waals surface area contributed by atoms with E-state index < -0.39 is 0 Å². The molecule has 0 radical (unpaired) electrons. The Morgan fingerprint density at radius 3 is 1.63 bits per heavy atom. The van der Waals surface area contributed by atoms with Crippen molar-refractivity contribution in [3.8, 4) is 33.5 Å². The summed E-state index contributed by atoms with van der Waals surface area (Å²) in [6.45, 7) is 0. The Morgan fingerprint density at radius 1 is 0.353 bits per heavy atom. The Morgan fingerprint density at radius 2 is 0.941 bits per heavy atom. The Bertz CT molecular complexity index is 3140. The van der Waals surface area contributed by atoms with Crippen LogP contribution in [0.2, 0.25) is 0 Å². The standard InChI is InChI=1S/C47H27N3O/c1-2-11-28(12-3-1)43-36-19-9-22-49-45(36)44(46-37(43)20-10-23-50-46)29-21-24-48-41(25-29)35-18-8-17-34-40-26-38-32-15-6-4-13-30(32)31-14-5-7-16-33(31)39(38)27-42(40)51-47(34)35/h1-27H. The predicted octanol–water partition coefficient (Wildman–Crippen LogP) is 12.5. The molecule has 4 nitrogen and oxygen atoms in total. The minimum absolute atomic E-state index is 0.825. The molecule has 0 bridgehead atoms. The summed E-state index contributed by atoms with van der Waals surface area (Å²) in [5.41, 5.74) is 9.56. The third-order valence-electron chi connectivity index (χ3n) is 10.4. The van der Waals surface area contributed by atoms with Crippen molar-refractivity contribution in [2.75, 3.05) is 0 Å². The first-order valence-corrected chi connectivity index (χ1v) is 17.2. The lowest BCUT2D eigenvalue weighted by Gasteiger charge is -2.16. The lowest BCUT2D eigenvalue weighted by Crippen LogP contribution is -1.95. The monoisotopic (exact) mass is 649 g/mol. The van der Waals surface area contributed by atoms with Gasteiger partial charge in [-0.1, -0.05) is 103 Å². The molecule has 0 saturated heterocycles. The van der Waals surface area contributed by atoms with Crippen LogP contribution in [0.25, 0.3) is 110 Å². The lowest BCUT2D eigenvalue weighted by atomic mass is 9.90. The normalized spacial score (nSPS) is 11.9. The van der Waals surface area contributed by atoms with Crippen LogP contribution in [-0.2, 0) is 0 Å². The lowest BCUT2D eigenvalue weighted by molar-refractivity contribution is 0.670. The number of hydrogen-bond acceptors (Lipinski definition) is 4. The van der Waals surface area contributed by atoms with E-state index >= 15 is 0 Å². The van der Waals surface area contributed by atoms with E-state index in [-0.39, 0.29) is 0 Å². The van der Waals surface area contributed by atoms with E-state index in [2.05, 4.69) is 127 Å². The third-order valence-corrected chi connectivity index (χ3v) is 10.4. The predicted molar refractivity (Wildman–Crippen MR) is 211 cm³/mol. The maximum absolute atomic E-state index is 6.79. The summed E-state index contributed by atoms with van der Waals surface area (Å²) >= 11 is 0. The average molecular weight is 650 g/mol. The fourth-order valence-electron chi connectivity index (χ4n) is 8.19. The molecule has 4 heterocycles. The number of benzene rings is 7. The van der Waals surface area contributed by atoms with Gasteiger partial charge in [0.2, 0.25) is 0 Å². The van der Waals surface area contributed by atoms with Crippen LogP contribution in [0.3, 0.4) is 0 Å². The number of hydrogen-bond donors (Lipinski definition) is 0. The molecule has 0 aliphatic carbocycles. The van der Waals surface area contributed by atoms with E-state index in [0.29, 0.717) is 0 Å². The first kappa shape index (κ1) is 28.0. The van der Waals surface area contributed by atoms with Crippen LogP contribution in [0, 0.1) is 0 Å². The molecule has 0 spiro atoms. The van der Waals surface area contributed by atoms with Gasteiger partial charge in [0.25, 0.3) is 0 Å². The van der Waals surface area contributed by atoms with Crippen molar-refractivity contribution in [3.63, 3.8) is 0 Å². The molecule has 236 valence electrons. The van der Waals surface area contributed by atoms with Crippen molar-refractivity contribution < 1.29 is 4.42 Å². The second-order valence-corrected chi connectivity index (χ2v) is 13.1. The number of nitrogens with zero attached hydrogens (tertiary/aromatic N) is 3. The highest BCUT2D eigenvalue weighted by Crippen LogP contribution is 2.44. The van der Waals surface area contributed by atoms with Crippen molar-refractivity contribution in [1.82, 2.24) is 15.0 Å². The number of pyridine rings is 3. The van der Waals surface area contributed by atoms with E-state index in [4.69, 9.17) is 19.4 Å². The van der Waals surface area contributed by atoms with Gasteiger partial charge in [-0.15, -0.1) is 0 Å². The molecule has 0 N–H and O–H groups in total. The Balaban J connectivity index is 1.15. The smallest absolute Gasteiger partial charge is 0.144 e. The first-order valence-electron chi connectivity index (χ1n) is 17.2. The minimum atomic E-state index is 0.825. The zero-order valence-corrected chi connectivity index (χ0v) is 27.3. The van der Waals surface area contributed by atoms with Crippen molar-refractivity contribution in [2.45, 2.75) is 0 Å². The second kappa shape index (κ2) is 10.8. The number of fused-ring (bicyclic) bond motifs is 11. The van der Waals surface area contributed by atoms with Gasteiger partial charge in [-0.05, 0) is 85.9 Å². The molecule has 0 atom stereocenters. The summed E-state index contributed by atoms with van der Waals surface area (Å²) < 4.78 is 6.79. The van der Waals surface area contributed by atoms with Crippen molar-refractivity contribution in [3.05, 3.63) is 164 Å². The van der Waals surface area contributed by atoms with Crippen LogP contribution in [0.4, 0.5) is 0 Å². The van der Waals surface area contributed by atoms with Gasteiger partial charge in [-0.25, -0.2) is 0 Å². The fourth-order valence-corrected chi connectivity index (χ4v) is 8.19. The van der Waals surface area contributed by atoms with Crippen LogP contribution in [0.15, 0.2) is 169 Å². The quantitative estimate of drug-likeness (QED) is 0.141. The van der Waals surface area contributed by atoms with E-state index in [0.717, 1.165) is 77.3 Å². The minimum Gasteiger partial charge on any atom is -0.455 e. The van der Waals surface area contributed by atoms with Crippen molar-refractivity contribution in [2.24, 2.45) is 0 Å². The van der Waals surface area contributed by atoms with Crippen LogP contribution < -0.4 is 0 Å². The number of furan rings is 1. The number of rotatable bonds is 3. The zero-order chi connectivity index (χ0) is 33.5. The summed E-state index contributed by atoms with van der Waals surface area (Å²) in [5, 5.41) is 11.7. The third kappa shape index (κ3) is 4.11. The Hall–Kier alpha value is -6.91. The molecular formula is C47H27N3O. The van der Waals surface area contributed by atoms with Crippen LogP contribution >= 0.6 is 0 Å². The highest BCUT2D eigenvalue weighted by atomic mass is 16.3. The maximum atomic E-state index is 6.79. The SMILES string of the molecule is c1ccc(-c2c3cccnc3c(-c3ccnc(-c4cccc5c4oc4cc6c7ccccc7c7ccccc7c6cc45)c3)c3ncccc23)cc1. The average Bonchev–Trinajstić information content (AvgIpc) is 3.57. The van der Waals surface area contributed by atoms with E-state index in [1.807, 2.05) is 36.8 Å². The van der Waals surface area contributed by atoms with Gasteiger partial charge < -0.3 is 4.42 Å². The molecule has 11 aromatic rings. The highest BCUT2D eigenvalue weighted by Gasteiger charge is 2.20. The summed E-state index contributed by atoms with van der Waals surface area (Å²) in [6, 6.07) is 51.3. The van der Waals surface area contributed by atoms with Gasteiger partial charge >= 0.3 is 0 Å². The van der Waals surface area contributed by atoms with Gasteiger partial charge in [0.05, 0.1) is 16.7 Å². The highest BCUT2D eigenvalue weighted by molar-refractivity contribution is 6.28. The van der Waals surface area contributed by atoms with Gasteiger partial charge in [0, 0.05) is 56.8 Å². The molecule has 4 heteroatoms. The second-order valence-electron chi connectivity index (χ2n) is 13.1. The Kier molecular flexibility index (Phi) is 5.92. The van der Waals surface area contributed by atoms with E-state index in [9.17, 15) is 0 Å². The first-order chi connectivity index (χ1) is 25.3. The molecule has 0 fully saturated rings. The number of aromatic nitrogens is 3. The Labute approximate surface area is 292 Å². The maximum Gasteiger partial charge on any atom is 0.144 e.